The molecule has 2 rings (SSSR count). The molecule has 4 nitrogen and oxygen atoms in total. The predicted molar refractivity (Wildman–Crippen MR) is 79.1 cm³/mol. The summed E-state index contributed by atoms with van der Waals surface area (Å²) < 4.78 is 5.46. The minimum Gasteiger partial charge on any atom is -0.372 e. The molecule has 0 amide bonds. The zero-order valence-electron chi connectivity index (χ0n) is 10.1. The van der Waals surface area contributed by atoms with E-state index in [1.54, 1.807) is 6.07 Å². The van der Waals surface area contributed by atoms with Crippen molar-refractivity contribution in [1.29, 1.82) is 0 Å². The van der Waals surface area contributed by atoms with Crippen LogP contribution in [0.3, 0.4) is 0 Å². The van der Waals surface area contributed by atoms with Crippen molar-refractivity contribution in [3.05, 3.63) is 42.2 Å². The molecule has 0 radical (unpaired) electrons. The molecule has 0 aliphatic rings. The van der Waals surface area contributed by atoms with Crippen LogP contribution >= 0.6 is 22.6 Å². The second-order valence-electron chi connectivity index (χ2n) is 4.22. The van der Waals surface area contributed by atoms with Gasteiger partial charge >= 0.3 is 11.4 Å². The molecule has 5 heteroatoms. The molecule has 0 atom stereocenters. The van der Waals surface area contributed by atoms with Crippen LogP contribution in [-0.4, -0.2) is 4.98 Å². The van der Waals surface area contributed by atoms with E-state index >= 15 is 0 Å². The molecule has 0 bridgehead atoms. The summed E-state index contributed by atoms with van der Waals surface area (Å²) in [6.07, 6.45) is 4.39. The minimum atomic E-state index is -0.706. The Morgan fingerprint density at radius 3 is 2.78 bits per heavy atom. The van der Waals surface area contributed by atoms with E-state index in [2.05, 4.69) is 38.9 Å². The number of rotatable bonds is 4. The molecule has 0 unspecified atom stereocenters. The molecule has 0 saturated heterocycles. The first-order chi connectivity index (χ1) is 8.63. The minimum absolute atomic E-state index is 0.476. The Morgan fingerprint density at radius 1 is 1.28 bits per heavy atom. The Hall–Kier alpha value is -1.11. The van der Waals surface area contributed by atoms with Crippen LogP contribution in [0, 0.1) is 3.57 Å². The molecule has 1 N–H and O–H groups in total. The Morgan fingerprint density at radius 2 is 2.06 bits per heavy atom. The number of hydrogen-bond acceptors (Lipinski definition) is 3. The van der Waals surface area contributed by atoms with E-state index in [1.165, 1.54) is 12.8 Å². The lowest BCUT2D eigenvalue weighted by molar-refractivity contribution is 0.459. The largest absolute Gasteiger partial charge is 0.419 e. The summed E-state index contributed by atoms with van der Waals surface area (Å²) in [6.45, 7) is 2.16. The summed E-state index contributed by atoms with van der Waals surface area (Å²) in [5.41, 5.74) is 1.12. The van der Waals surface area contributed by atoms with Crippen molar-refractivity contribution >= 4 is 33.5 Å². The summed E-state index contributed by atoms with van der Waals surface area (Å²) >= 11 is 2.15. The van der Waals surface area contributed by atoms with Gasteiger partial charge in [-0.3, -0.25) is 4.98 Å². The summed E-state index contributed by atoms with van der Waals surface area (Å²) in [6, 6.07) is 3.74. The fourth-order valence-electron chi connectivity index (χ4n) is 1.95. The van der Waals surface area contributed by atoms with E-state index in [0.29, 0.717) is 10.9 Å². The van der Waals surface area contributed by atoms with Gasteiger partial charge in [-0.2, -0.15) is 0 Å². The highest BCUT2D eigenvalue weighted by Gasteiger charge is 2.10. The van der Waals surface area contributed by atoms with Crippen molar-refractivity contribution in [2.24, 2.45) is 0 Å². The number of halogens is 1. The normalized spacial score (nSPS) is 11.0. The number of unbranched alkanes of at least 4 members (excludes halogenated alkanes) is 2. The van der Waals surface area contributed by atoms with Gasteiger partial charge in [-0.15, -0.1) is 0 Å². The topological polar surface area (TPSA) is 63.1 Å². The van der Waals surface area contributed by atoms with Crippen LogP contribution < -0.4 is 11.4 Å². The van der Waals surface area contributed by atoms with Gasteiger partial charge in [-0.05, 0) is 47.1 Å². The Kier molecular flexibility index (Phi) is 4.21. The summed E-state index contributed by atoms with van der Waals surface area (Å²) in [4.78, 5) is 25.3. The third-order valence-corrected chi connectivity index (χ3v) is 4.13. The highest BCUT2D eigenvalue weighted by atomic mass is 127. The SMILES string of the molecule is CCCCCc1ccc2[nH]c(=O)oc(=O)c2c1I. The summed E-state index contributed by atoms with van der Waals surface area (Å²) in [7, 11) is 0. The highest BCUT2D eigenvalue weighted by Crippen LogP contribution is 2.21. The van der Waals surface area contributed by atoms with Crippen molar-refractivity contribution in [2.75, 3.05) is 0 Å². The number of fused-ring (bicyclic) bond motifs is 1. The lowest BCUT2D eigenvalue weighted by Gasteiger charge is -2.06. The van der Waals surface area contributed by atoms with E-state index in [1.807, 2.05) is 6.07 Å². The Labute approximate surface area is 118 Å². The number of aryl methyl sites for hydroxylation is 1. The number of H-pyrrole nitrogens is 1. The average Bonchev–Trinajstić information content (AvgIpc) is 2.31. The fraction of sp³-hybridized carbons (Fsp3) is 0.385. The van der Waals surface area contributed by atoms with Gasteiger partial charge in [-0.1, -0.05) is 25.8 Å². The quantitative estimate of drug-likeness (QED) is 0.675. The number of nitrogens with one attached hydrogen (secondary N) is 1. The lowest BCUT2D eigenvalue weighted by atomic mass is 10.1. The summed E-state index contributed by atoms with van der Waals surface area (Å²) in [5.74, 6) is -0.706. The van der Waals surface area contributed by atoms with Gasteiger partial charge in [0.2, 0.25) is 0 Å². The number of benzene rings is 1. The van der Waals surface area contributed by atoms with E-state index in [4.69, 9.17) is 0 Å². The van der Waals surface area contributed by atoms with Crippen molar-refractivity contribution < 1.29 is 4.42 Å². The second kappa shape index (κ2) is 5.69. The first-order valence-corrected chi connectivity index (χ1v) is 7.06. The molecule has 2 aromatic rings. The van der Waals surface area contributed by atoms with Crippen LogP contribution in [-0.2, 0) is 6.42 Å². The zero-order chi connectivity index (χ0) is 13.1. The number of hydrogen-bond donors (Lipinski definition) is 1. The molecule has 1 heterocycles. The molecule has 0 fully saturated rings. The predicted octanol–water partition coefficient (Wildman–Crippen LogP) is 2.82. The van der Waals surface area contributed by atoms with Crippen LogP contribution in [0.2, 0.25) is 0 Å². The third-order valence-electron chi connectivity index (χ3n) is 2.90. The Balaban J connectivity index is 2.50. The van der Waals surface area contributed by atoms with Gasteiger partial charge in [-0.25, -0.2) is 9.59 Å². The number of aromatic nitrogens is 1. The van der Waals surface area contributed by atoms with Gasteiger partial charge in [0.15, 0.2) is 0 Å². The molecule has 96 valence electrons. The van der Waals surface area contributed by atoms with Crippen LogP contribution in [0.1, 0.15) is 31.7 Å². The van der Waals surface area contributed by atoms with Crippen molar-refractivity contribution in [3.8, 4) is 0 Å². The molecule has 1 aromatic carbocycles. The third kappa shape index (κ3) is 2.66. The number of aromatic amines is 1. The maximum absolute atomic E-state index is 11.7. The smallest absolute Gasteiger partial charge is 0.372 e. The van der Waals surface area contributed by atoms with Crippen LogP contribution in [0.5, 0.6) is 0 Å². The van der Waals surface area contributed by atoms with Crippen molar-refractivity contribution in [1.82, 2.24) is 4.98 Å². The average molecular weight is 359 g/mol. The van der Waals surface area contributed by atoms with Gasteiger partial charge < -0.3 is 4.42 Å². The zero-order valence-corrected chi connectivity index (χ0v) is 12.2. The van der Waals surface area contributed by atoms with E-state index in [9.17, 15) is 9.59 Å². The van der Waals surface area contributed by atoms with Gasteiger partial charge in [0.25, 0.3) is 0 Å². The maximum atomic E-state index is 11.7. The standard InChI is InChI=1S/C13H14INO3/c1-2-3-4-5-8-6-7-9-10(11(8)14)12(16)18-13(17)15-9/h6-7H,2-5H2,1H3,(H,15,17). The van der Waals surface area contributed by atoms with Crippen molar-refractivity contribution in [3.63, 3.8) is 0 Å². The molecule has 0 aliphatic carbocycles. The van der Waals surface area contributed by atoms with Gasteiger partial charge in [0.05, 0.1) is 10.9 Å². The molecule has 0 aliphatic heterocycles. The lowest BCUT2D eigenvalue weighted by Crippen LogP contribution is -2.15. The maximum Gasteiger partial charge on any atom is 0.419 e. The first kappa shape index (κ1) is 13.3. The first-order valence-electron chi connectivity index (χ1n) is 5.98. The molecule has 1 aromatic heterocycles. The van der Waals surface area contributed by atoms with E-state index in [0.717, 1.165) is 22.0 Å². The molecular weight excluding hydrogens is 345 g/mol. The molecule has 0 saturated carbocycles. The fourth-order valence-corrected chi connectivity index (χ4v) is 2.91. The van der Waals surface area contributed by atoms with Crippen molar-refractivity contribution in [2.45, 2.75) is 32.6 Å². The highest BCUT2D eigenvalue weighted by molar-refractivity contribution is 14.1. The molecule has 18 heavy (non-hydrogen) atoms. The monoisotopic (exact) mass is 359 g/mol. The van der Waals surface area contributed by atoms with Gasteiger partial charge in [0, 0.05) is 3.57 Å². The Bertz CT molecular complexity index is 672. The van der Waals surface area contributed by atoms with Crippen LogP contribution in [0.25, 0.3) is 10.9 Å². The van der Waals surface area contributed by atoms with Crippen LogP contribution in [0.15, 0.2) is 26.1 Å². The summed E-state index contributed by atoms with van der Waals surface area (Å²) in [5, 5.41) is 0.476. The van der Waals surface area contributed by atoms with Gasteiger partial charge in [0.1, 0.15) is 0 Å². The molecular formula is C13H14INO3. The second-order valence-corrected chi connectivity index (χ2v) is 5.30. The van der Waals surface area contributed by atoms with E-state index < -0.39 is 11.4 Å². The molecule has 0 spiro atoms. The van der Waals surface area contributed by atoms with E-state index in [-0.39, 0.29) is 0 Å². The van der Waals surface area contributed by atoms with Crippen LogP contribution in [0.4, 0.5) is 0 Å².